The molecule has 0 radical (unpaired) electrons. The molecule has 2 aliphatic heterocycles. The number of hydrogen-bond acceptors (Lipinski definition) is 5. The topological polar surface area (TPSA) is 89.6 Å². The summed E-state index contributed by atoms with van der Waals surface area (Å²) in [6, 6.07) is 14.6. The molecule has 0 aliphatic carbocycles. The predicted octanol–water partition coefficient (Wildman–Crippen LogP) is 1.50. The molecule has 30 heavy (non-hydrogen) atoms. The van der Waals surface area contributed by atoms with E-state index < -0.39 is 11.8 Å². The molecule has 2 aromatic carbocycles. The smallest absolute Gasteiger partial charge is 0.262 e. The summed E-state index contributed by atoms with van der Waals surface area (Å²) in [6.45, 7) is 3.02. The third kappa shape index (κ3) is 3.25. The van der Waals surface area contributed by atoms with Crippen LogP contribution in [0.25, 0.3) is 11.0 Å². The zero-order valence-electron chi connectivity index (χ0n) is 16.4. The SMILES string of the molecule is O=C(CN1C(=O)c2ccccc2C1=O)N1CCN(Cc2nc3ccccc3[nH]2)CC1. The fourth-order valence-electron chi connectivity index (χ4n) is 4.07. The van der Waals surface area contributed by atoms with Crippen LogP contribution in [0.3, 0.4) is 0 Å². The number of hydrogen-bond donors (Lipinski definition) is 1. The van der Waals surface area contributed by atoms with E-state index >= 15 is 0 Å². The van der Waals surface area contributed by atoms with Gasteiger partial charge in [0.2, 0.25) is 5.91 Å². The first kappa shape index (κ1) is 18.5. The number of aromatic nitrogens is 2. The van der Waals surface area contributed by atoms with Crippen LogP contribution in [0.5, 0.6) is 0 Å². The van der Waals surface area contributed by atoms with Gasteiger partial charge in [-0.25, -0.2) is 4.98 Å². The number of carbonyl (C=O) groups excluding carboxylic acids is 3. The molecule has 0 atom stereocenters. The van der Waals surface area contributed by atoms with Crippen LogP contribution in [0, 0.1) is 0 Å². The first-order valence-corrected chi connectivity index (χ1v) is 9.99. The summed E-state index contributed by atoms with van der Waals surface area (Å²) in [5, 5.41) is 0. The number of nitrogens with zero attached hydrogens (tertiary/aromatic N) is 4. The van der Waals surface area contributed by atoms with Crippen molar-refractivity contribution in [3.8, 4) is 0 Å². The molecule has 0 bridgehead atoms. The largest absolute Gasteiger partial charge is 0.341 e. The number of nitrogens with one attached hydrogen (secondary N) is 1. The second kappa shape index (κ2) is 7.38. The van der Waals surface area contributed by atoms with Crippen molar-refractivity contribution in [2.75, 3.05) is 32.7 Å². The maximum atomic E-state index is 12.7. The quantitative estimate of drug-likeness (QED) is 0.667. The van der Waals surface area contributed by atoms with E-state index in [9.17, 15) is 14.4 Å². The van der Waals surface area contributed by atoms with E-state index in [0.717, 1.165) is 21.8 Å². The molecule has 1 fully saturated rings. The van der Waals surface area contributed by atoms with E-state index in [-0.39, 0.29) is 12.5 Å². The Labute approximate surface area is 173 Å². The van der Waals surface area contributed by atoms with Crippen molar-refractivity contribution in [2.45, 2.75) is 6.54 Å². The fraction of sp³-hybridized carbons (Fsp3) is 0.273. The Morgan fingerprint density at radius 3 is 2.20 bits per heavy atom. The number of imidazole rings is 1. The molecule has 1 saturated heterocycles. The number of para-hydroxylation sites is 2. The lowest BCUT2D eigenvalue weighted by atomic mass is 10.1. The van der Waals surface area contributed by atoms with Gasteiger partial charge in [0.05, 0.1) is 28.7 Å². The summed E-state index contributed by atoms with van der Waals surface area (Å²) in [6.07, 6.45) is 0. The minimum atomic E-state index is -0.396. The van der Waals surface area contributed by atoms with Gasteiger partial charge in [0.25, 0.3) is 11.8 Å². The maximum absolute atomic E-state index is 12.7. The predicted molar refractivity (Wildman–Crippen MR) is 110 cm³/mol. The van der Waals surface area contributed by atoms with Crippen molar-refractivity contribution >= 4 is 28.8 Å². The molecule has 0 unspecified atom stereocenters. The number of benzene rings is 2. The van der Waals surface area contributed by atoms with Crippen molar-refractivity contribution in [3.63, 3.8) is 0 Å². The number of imide groups is 1. The molecule has 1 aromatic heterocycles. The average molecular weight is 403 g/mol. The van der Waals surface area contributed by atoms with E-state index in [0.29, 0.717) is 43.9 Å². The first-order chi connectivity index (χ1) is 14.6. The van der Waals surface area contributed by atoms with Crippen LogP contribution in [0.4, 0.5) is 0 Å². The maximum Gasteiger partial charge on any atom is 0.262 e. The van der Waals surface area contributed by atoms with E-state index in [1.165, 1.54) is 0 Å². The van der Waals surface area contributed by atoms with E-state index in [2.05, 4.69) is 14.9 Å². The number of amides is 3. The Kier molecular flexibility index (Phi) is 4.55. The third-order valence-corrected chi connectivity index (χ3v) is 5.71. The number of H-pyrrole nitrogens is 1. The van der Waals surface area contributed by atoms with E-state index in [1.807, 2.05) is 24.3 Å². The van der Waals surface area contributed by atoms with Crippen LogP contribution >= 0.6 is 0 Å². The van der Waals surface area contributed by atoms with Crippen molar-refractivity contribution < 1.29 is 14.4 Å². The van der Waals surface area contributed by atoms with E-state index in [4.69, 9.17) is 0 Å². The Bertz CT molecular complexity index is 1080. The summed E-state index contributed by atoms with van der Waals surface area (Å²) in [5.74, 6) is -0.0881. The second-order valence-corrected chi connectivity index (χ2v) is 7.60. The molecule has 0 saturated carbocycles. The normalized spacial score (nSPS) is 17.1. The van der Waals surface area contributed by atoms with Crippen LogP contribution in [0.1, 0.15) is 26.5 Å². The summed E-state index contributed by atoms with van der Waals surface area (Å²) in [7, 11) is 0. The molecule has 8 nitrogen and oxygen atoms in total. The van der Waals surface area contributed by atoms with Crippen molar-refractivity contribution in [2.24, 2.45) is 0 Å². The lowest BCUT2D eigenvalue weighted by Crippen LogP contribution is -2.51. The minimum absolute atomic E-state index is 0.201. The highest BCUT2D eigenvalue weighted by Gasteiger charge is 2.37. The Morgan fingerprint density at radius 1 is 0.900 bits per heavy atom. The van der Waals surface area contributed by atoms with Gasteiger partial charge in [0.15, 0.2) is 0 Å². The molecular formula is C22H21N5O3. The number of carbonyl (C=O) groups is 3. The molecule has 8 heteroatoms. The highest BCUT2D eigenvalue weighted by molar-refractivity contribution is 6.22. The minimum Gasteiger partial charge on any atom is -0.341 e. The van der Waals surface area contributed by atoms with Gasteiger partial charge in [-0.2, -0.15) is 0 Å². The highest BCUT2D eigenvalue weighted by atomic mass is 16.2. The molecular weight excluding hydrogens is 382 g/mol. The van der Waals surface area contributed by atoms with Gasteiger partial charge >= 0.3 is 0 Å². The second-order valence-electron chi connectivity index (χ2n) is 7.60. The Morgan fingerprint density at radius 2 is 1.53 bits per heavy atom. The van der Waals surface area contributed by atoms with Gasteiger partial charge in [-0.3, -0.25) is 24.2 Å². The number of aromatic amines is 1. The first-order valence-electron chi connectivity index (χ1n) is 9.99. The Balaban J connectivity index is 1.17. The zero-order valence-corrected chi connectivity index (χ0v) is 16.4. The summed E-state index contributed by atoms with van der Waals surface area (Å²) >= 11 is 0. The molecule has 3 heterocycles. The molecule has 3 amide bonds. The average Bonchev–Trinajstić information content (AvgIpc) is 3.28. The molecule has 152 valence electrons. The summed E-state index contributed by atoms with van der Waals surface area (Å²) in [5.41, 5.74) is 2.70. The number of piperazine rings is 1. The van der Waals surface area contributed by atoms with Gasteiger partial charge in [-0.05, 0) is 24.3 Å². The van der Waals surface area contributed by atoms with Crippen molar-refractivity contribution in [1.82, 2.24) is 24.7 Å². The van der Waals surface area contributed by atoms with Crippen LogP contribution < -0.4 is 0 Å². The van der Waals surface area contributed by atoms with E-state index in [1.54, 1.807) is 29.2 Å². The summed E-state index contributed by atoms with van der Waals surface area (Å²) in [4.78, 5) is 50.6. The fourth-order valence-corrected chi connectivity index (χ4v) is 4.07. The zero-order chi connectivity index (χ0) is 20.7. The lowest BCUT2D eigenvalue weighted by molar-refractivity contribution is -0.133. The molecule has 3 aromatic rings. The molecule has 0 spiro atoms. The van der Waals surface area contributed by atoms with Gasteiger partial charge in [0, 0.05) is 26.2 Å². The highest BCUT2D eigenvalue weighted by Crippen LogP contribution is 2.22. The van der Waals surface area contributed by atoms with Gasteiger partial charge in [-0.15, -0.1) is 0 Å². The van der Waals surface area contributed by atoms with Gasteiger partial charge < -0.3 is 9.88 Å². The number of rotatable bonds is 4. The van der Waals surface area contributed by atoms with Crippen LogP contribution in [-0.4, -0.2) is 75.1 Å². The third-order valence-electron chi connectivity index (χ3n) is 5.71. The van der Waals surface area contributed by atoms with Gasteiger partial charge in [-0.1, -0.05) is 24.3 Å². The monoisotopic (exact) mass is 403 g/mol. The van der Waals surface area contributed by atoms with Crippen molar-refractivity contribution in [3.05, 3.63) is 65.5 Å². The van der Waals surface area contributed by atoms with Crippen molar-refractivity contribution in [1.29, 1.82) is 0 Å². The standard InChI is InChI=1S/C22H21N5O3/c28-20(14-27-21(29)15-5-1-2-6-16(15)22(27)30)26-11-9-25(10-12-26)13-19-23-17-7-3-4-8-18(17)24-19/h1-8H,9-14H2,(H,23,24). The lowest BCUT2D eigenvalue weighted by Gasteiger charge is -2.34. The van der Waals surface area contributed by atoms with Gasteiger partial charge in [0.1, 0.15) is 12.4 Å². The molecule has 1 N–H and O–H groups in total. The molecule has 5 rings (SSSR count). The van der Waals surface area contributed by atoms with Crippen LogP contribution in [0.15, 0.2) is 48.5 Å². The molecule has 2 aliphatic rings. The summed E-state index contributed by atoms with van der Waals surface area (Å²) < 4.78 is 0. The number of fused-ring (bicyclic) bond motifs is 2. The van der Waals surface area contributed by atoms with Crippen LogP contribution in [0.2, 0.25) is 0 Å². The Hall–Kier alpha value is -3.52. The van der Waals surface area contributed by atoms with Crippen LogP contribution in [-0.2, 0) is 11.3 Å².